The molecule has 4 rings (SSSR count). The number of hydrogen-bond acceptors (Lipinski definition) is 5. The maximum atomic E-state index is 13.1. The smallest absolute Gasteiger partial charge is 0.419 e. The van der Waals surface area contributed by atoms with Gasteiger partial charge in [0.15, 0.2) is 0 Å². The van der Waals surface area contributed by atoms with Crippen LogP contribution in [0.3, 0.4) is 0 Å². The van der Waals surface area contributed by atoms with Gasteiger partial charge in [0, 0.05) is 20.2 Å². The quantitative estimate of drug-likeness (QED) is 0.295. The molecule has 0 saturated heterocycles. The Hall–Kier alpha value is -2.88. The number of nitrogens with one attached hydrogen (secondary N) is 1. The van der Waals surface area contributed by atoms with E-state index in [4.69, 9.17) is 10.5 Å². The molecule has 1 aliphatic heterocycles. The fourth-order valence-corrected chi connectivity index (χ4v) is 4.45. The van der Waals surface area contributed by atoms with Crippen molar-refractivity contribution in [1.82, 2.24) is 9.88 Å². The summed E-state index contributed by atoms with van der Waals surface area (Å²) in [6.07, 6.45) is -0.568. The van der Waals surface area contributed by atoms with Crippen LogP contribution in [-0.4, -0.2) is 28.1 Å². The van der Waals surface area contributed by atoms with E-state index in [0.29, 0.717) is 16.8 Å². The lowest BCUT2D eigenvalue weighted by molar-refractivity contribution is 0.0546. The number of anilines is 1. The number of nitrogen functional groups attached to an aromatic ring is 1. The number of halogens is 1. The minimum absolute atomic E-state index is 0.129. The van der Waals surface area contributed by atoms with Gasteiger partial charge in [0.1, 0.15) is 5.60 Å². The Bertz CT molecular complexity index is 1220. The highest BCUT2D eigenvalue weighted by molar-refractivity contribution is 14.1. The summed E-state index contributed by atoms with van der Waals surface area (Å²) in [7, 11) is 0. The van der Waals surface area contributed by atoms with Crippen LogP contribution in [0.25, 0.3) is 22.2 Å². The van der Waals surface area contributed by atoms with Crippen molar-refractivity contribution >= 4 is 57.1 Å². The second-order valence-electron chi connectivity index (χ2n) is 7.73. The Labute approximate surface area is 180 Å². The number of benzene rings is 2. The molecule has 8 heteroatoms. The standard InChI is InChI=1S/C21H18IN3O4/c1-21(2,3)29-20(28)25-13-7-5-4-6-10(13)16(22)17(25)11-8-9-12(23)15-14(11)18(26)24-19(15)27/h4-9H,23H2,1-3H3,(H,24,26,27). The van der Waals surface area contributed by atoms with Gasteiger partial charge >= 0.3 is 6.09 Å². The van der Waals surface area contributed by atoms with Crippen molar-refractivity contribution in [3.63, 3.8) is 0 Å². The molecule has 1 aromatic heterocycles. The van der Waals surface area contributed by atoms with E-state index in [1.54, 1.807) is 32.9 Å². The summed E-state index contributed by atoms with van der Waals surface area (Å²) in [6, 6.07) is 10.6. The lowest BCUT2D eigenvalue weighted by Gasteiger charge is -2.21. The molecule has 2 aromatic carbocycles. The van der Waals surface area contributed by atoms with E-state index in [1.165, 1.54) is 4.57 Å². The zero-order valence-corrected chi connectivity index (χ0v) is 18.2. The zero-order chi connectivity index (χ0) is 21.1. The number of ether oxygens (including phenoxy) is 1. The highest BCUT2D eigenvalue weighted by Crippen LogP contribution is 2.40. The minimum atomic E-state index is -0.707. The van der Waals surface area contributed by atoms with Crippen LogP contribution < -0.4 is 11.1 Å². The number of carbonyl (C=O) groups excluding carboxylic acids is 3. The van der Waals surface area contributed by atoms with E-state index in [9.17, 15) is 14.4 Å². The molecule has 0 spiro atoms. The van der Waals surface area contributed by atoms with Gasteiger partial charge in [-0.1, -0.05) is 18.2 Å². The van der Waals surface area contributed by atoms with Crippen LogP contribution in [0.1, 0.15) is 41.5 Å². The number of nitrogens with two attached hydrogens (primary N) is 1. The average molecular weight is 503 g/mol. The van der Waals surface area contributed by atoms with E-state index in [2.05, 4.69) is 27.9 Å². The first-order valence-electron chi connectivity index (χ1n) is 8.91. The number of imide groups is 1. The molecule has 0 unspecified atom stereocenters. The summed E-state index contributed by atoms with van der Waals surface area (Å²) in [4.78, 5) is 37.9. The van der Waals surface area contributed by atoms with Gasteiger partial charge in [-0.3, -0.25) is 14.9 Å². The number of carbonyl (C=O) groups is 3. The number of nitrogens with zero attached hydrogens (tertiary/aromatic N) is 1. The molecule has 0 radical (unpaired) electrons. The molecular weight excluding hydrogens is 485 g/mol. The maximum Gasteiger partial charge on any atom is 0.419 e. The Morgan fingerprint density at radius 3 is 2.41 bits per heavy atom. The van der Waals surface area contributed by atoms with Crippen LogP contribution in [0.2, 0.25) is 0 Å². The zero-order valence-electron chi connectivity index (χ0n) is 16.0. The summed E-state index contributed by atoms with van der Waals surface area (Å²) in [5.41, 5.74) is 7.34. The molecular formula is C21H18IN3O4. The van der Waals surface area contributed by atoms with Crippen molar-refractivity contribution in [2.75, 3.05) is 5.73 Å². The van der Waals surface area contributed by atoms with Crippen LogP contribution in [-0.2, 0) is 4.74 Å². The van der Waals surface area contributed by atoms with Crippen molar-refractivity contribution in [3.8, 4) is 11.3 Å². The first-order valence-corrected chi connectivity index (χ1v) is 9.99. The Balaban J connectivity index is 2.08. The minimum Gasteiger partial charge on any atom is -0.443 e. The van der Waals surface area contributed by atoms with E-state index < -0.39 is 23.5 Å². The van der Waals surface area contributed by atoms with Gasteiger partial charge in [-0.25, -0.2) is 9.36 Å². The van der Waals surface area contributed by atoms with Gasteiger partial charge < -0.3 is 10.5 Å². The summed E-state index contributed by atoms with van der Waals surface area (Å²) in [5.74, 6) is -1.08. The molecule has 7 nitrogen and oxygen atoms in total. The van der Waals surface area contributed by atoms with Gasteiger partial charge in [0.2, 0.25) is 0 Å². The van der Waals surface area contributed by atoms with Gasteiger partial charge in [-0.05, 0) is 61.6 Å². The molecule has 0 atom stereocenters. The van der Waals surface area contributed by atoms with Gasteiger partial charge in [-0.15, -0.1) is 0 Å². The van der Waals surface area contributed by atoms with Crippen molar-refractivity contribution in [3.05, 3.63) is 51.1 Å². The van der Waals surface area contributed by atoms with Crippen LogP contribution in [0, 0.1) is 3.57 Å². The highest BCUT2D eigenvalue weighted by atomic mass is 127. The molecule has 2 heterocycles. The van der Waals surface area contributed by atoms with Crippen molar-refractivity contribution in [2.45, 2.75) is 26.4 Å². The number of aromatic nitrogens is 1. The van der Waals surface area contributed by atoms with E-state index >= 15 is 0 Å². The average Bonchev–Trinajstić information content (AvgIpc) is 3.09. The Kier molecular flexibility index (Phi) is 4.41. The topological polar surface area (TPSA) is 103 Å². The summed E-state index contributed by atoms with van der Waals surface area (Å²) < 4.78 is 7.84. The summed E-state index contributed by atoms with van der Waals surface area (Å²) >= 11 is 2.14. The van der Waals surface area contributed by atoms with Crippen molar-refractivity contribution in [1.29, 1.82) is 0 Å². The predicted molar refractivity (Wildman–Crippen MR) is 118 cm³/mol. The van der Waals surface area contributed by atoms with Crippen molar-refractivity contribution < 1.29 is 19.1 Å². The van der Waals surface area contributed by atoms with E-state index in [1.807, 2.05) is 24.3 Å². The number of hydrogen-bond donors (Lipinski definition) is 2. The predicted octanol–water partition coefficient (Wildman–Crippen LogP) is 4.16. The molecule has 29 heavy (non-hydrogen) atoms. The molecule has 148 valence electrons. The first-order chi connectivity index (χ1) is 13.6. The molecule has 0 bridgehead atoms. The first kappa shape index (κ1) is 19.4. The van der Waals surface area contributed by atoms with Crippen LogP contribution in [0.15, 0.2) is 36.4 Å². The van der Waals surface area contributed by atoms with Crippen LogP contribution in [0.5, 0.6) is 0 Å². The SMILES string of the molecule is CC(C)(C)OC(=O)n1c(-c2ccc(N)c3c2C(=O)NC3=O)c(I)c2ccccc21. The van der Waals surface area contributed by atoms with E-state index in [0.717, 1.165) is 8.96 Å². The molecule has 3 N–H and O–H groups in total. The lowest BCUT2D eigenvalue weighted by atomic mass is 9.98. The molecule has 1 aliphatic rings. The van der Waals surface area contributed by atoms with Gasteiger partial charge in [-0.2, -0.15) is 0 Å². The molecule has 0 saturated carbocycles. The third kappa shape index (κ3) is 3.07. The van der Waals surface area contributed by atoms with Crippen LogP contribution in [0.4, 0.5) is 10.5 Å². The Morgan fingerprint density at radius 2 is 1.72 bits per heavy atom. The molecule has 3 aromatic rings. The monoisotopic (exact) mass is 503 g/mol. The molecule has 2 amide bonds. The fourth-order valence-electron chi connectivity index (χ4n) is 3.46. The lowest BCUT2D eigenvalue weighted by Crippen LogP contribution is -2.27. The fraction of sp³-hybridized carbons (Fsp3) is 0.190. The number of amides is 2. The second-order valence-corrected chi connectivity index (χ2v) is 8.81. The molecule has 0 fully saturated rings. The largest absolute Gasteiger partial charge is 0.443 e. The van der Waals surface area contributed by atoms with Gasteiger partial charge in [0.05, 0.1) is 22.3 Å². The van der Waals surface area contributed by atoms with Crippen molar-refractivity contribution in [2.24, 2.45) is 0 Å². The third-order valence-corrected chi connectivity index (χ3v) is 5.65. The highest BCUT2D eigenvalue weighted by Gasteiger charge is 2.35. The number of fused-ring (bicyclic) bond motifs is 2. The van der Waals surface area contributed by atoms with Gasteiger partial charge in [0.25, 0.3) is 11.8 Å². The normalized spacial score (nSPS) is 13.5. The summed E-state index contributed by atoms with van der Waals surface area (Å²) in [6.45, 7) is 5.36. The summed E-state index contributed by atoms with van der Waals surface area (Å²) in [5, 5.41) is 3.12. The van der Waals surface area contributed by atoms with Crippen LogP contribution >= 0.6 is 22.6 Å². The molecule has 0 aliphatic carbocycles. The third-order valence-electron chi connectivity index (χ3n) is 4.56. The number of rotatable bonds is 1. The number of para-hydroxylation sites is 1. The maximum absolute atomic E-state index is 13.1. The van der Waals surface area contributed by atoms with E-state index in [-0.39, 0.29) is 16.8 Å². The Morgan fingerprint density at radius 1 is 1.07 bits per heavy atom. The second kappa shape index (κ2) is 6.58.